The Morgan fingerprint density at radius 3 is 2.58 bits per heavy atom. The summed E-state index contributed by atoms with van der Waals surface area (Å²) < 4.78 is 1.80. The van der Waals surface area contributed by atoms with E-state index in [0.29, 0.717) is 5.69 Å². The van der Waals surface area contributed by atoms with Crippen LogP contribution in [-0.2, 0) is 13.5 Å². The van der Waals surface area contributed by atoms with Crippen LogP contribution >= 0.6 is 0 Å². The first-order valence-electron chi connectivity index (χ1n) is 11.0. The van der Waals surface area contributed by atoms with Crippen LogP contribution in [0.5, 0.6) is 0 Å². The third-order valence-electron chi connectivity index (χ3n) is 6.26. The van der Waals surface area contributed by atoms with Crippen molar-refractivity contribution in [2.45, 2.75) is 58.1 Å². The summed E-state index contributed by atoms with van der Waals surface area (Å²) in [5.74, 6) is -0.208. The molecule has 162 valence electrons. The van der Waals surface area contributed by atoms with E-state index >= 15 is 0 Å². The van der Waals surface area contributed by atoms with E-state index in [4.69, 9.17) is 0 Å². The van der Waals surface area contributed by atoms with Gasteiger partial charge < -0.3 is 10.4 Å². The Labute approximate surface area is 183 Å². The van der Waals surface area contributed by atoms with E-state index in [0.717, 1.165) is 60.2 Å². The van der Waals surface area contributed by atoms with Crippen molar-refractivity contribution in [3.8, 4) is 11.3 Å². The molecule has 0 bridgehead atoms. The lowest BCUT2D eigenvalue weighted by Crippen LogP contribution is -2.45. The quantitative estimate of drug-likeness (QED) is 0.662. The zero-order valence-electron chi connectivity index (χ0n) is 18.4. The summed E-state index contributed by atoms with van der Waals surface area (Å²) in [6.07, 6.45) is 5.79. The molecule has 0 radical (unpaired) electrons. The van der Waals surface area contributed by atoms with E-state index < -0.39 is 6.10 Å². The van der Waals surface area contributed by atoms with Crippen LogP contribution < -0.4 is 5.32 Å². The molecule has 6 heteroatoms. The maximum atomic E-state index is 12.8. The van der Waals surface area contributed by atoms with Crippen LogP contribution in [0, 0.1) is 13.8 Å². The van der Waals surface area contributed by atoms with Gasteiger partial charge in [-0.15, -0.1) is 0 Å². The number of aryl methyl sites for hydroxylation is 2. The van der Waals surface area contributed by atoms with Crippen molar-refractivity contribution in [2.75, 3.05) is 0 Å². The van der Waals surface area contributed by atoms with Crippen molar-refractivity contribution in [2.24, 2.45) is 7.05 Å². The number of hydrogen-bond acceptors (Lipinski definition) is 4. The van der Waals surface area contributed by atoms with Crippen LogP contribution in [0.2, 0.25) is 0 Å². The number of pyridine rings is 1. The lowest BCUT2D eigenvalue weighted by molar-refractivity contribution is 0.0713. The fraction of sp³-hybridized carbons (Fsp3) is 0.400. The average molecular weight is 419 g/mol. The van der Waals surface area contributed by atoms with Crippen LogP contribution in [-0.4, -0.2) is 37.9 Å². The summed E-state index contributed by atoms with van der Waals surface area (Å²) >= 11 is 0. The molecule has 1 aliphatic carbocycles. The van der Waals surface area contributed by atoms with Gasteiger partial charge in [-0.1, -0.05) is 37.1 Å². The van der Waals surface area contributed by atoms with E-state index in [-0.39, 0.29) is 11.9 Å². The predicted octanol–water partition coefficient (Wildman–Crippen LogP) is 3.72. The Bertz CT molecular complexity index is 1070. The van der Waals surface area contributed by atoms with Gasteiger partial charge in [-0.3, -0.25) is 9.48 Å². The summed E-state index contributed by atoms with van der Waals surface area (Å²) in [5.41, 5.74) is 6.67. The minimum absolute atomic E-state index is 0.188. The standard InChI is InChI=1S/C25H30N4O2/c1-16-17(2)26-23(25(31)27-22-6-4-5-7-24(22)30)15-20(16)14-18-8-10-19(11-9-18)21-12-13-29(3)28-21/h8-13,15,22,24,30H,4-7,14H2,1-3H3,(H,27,31)/t22?,24-/m0/s1. The predicted molar refractivity (Wildman–Crippen MR) is 121 cm³/mol. The van der Waals surface area contributed by atoms with E-state index in [9.17, 15) is 9.90 Å². The molecule has 2 N–H and O–H groups in total. The maximum absolute atomic E-state index is 12.8. The van der Waals surface area contributed by atoms with Gasteiger partial charge >= 0.3 is 0 Å². The molecular formula is C25H30N4O2. The summed E-state index contributed by atoms with van der Waals surface area (Å²) in [6.45, 7) is 3.99. The van der Waals surface area contributed by atoms with Gasteiger partial charge in [0.05, 0.1) is 17.8 Å². The number of nitrogens with one attached hydrogen (secondary N) is 1. The molecule has 1 fully saturated rings. The van der Waals surface area contributed by atoms with Crippen molar-refractivity contribution < 1.29 is 9.90 Å². The molecule has 1 saturated carbocycles. The van der Waals surface area contributed by atoms with Crippen LogP contribution in [0.15, 0.2) is 42.6 Å². The highest BCUT2D eigenvalue weighted by Gasteiger charge is 2.25. The van der Waals surface area contributed by atoms with Crippen molar-refractivity contribution in [3.63, 3.8) is 0 Å². The van der Waals surface area contributed by atoms with Crippen LogP contribution in [0.1, 0.15) is 58.6 Å². The molecule has 2 heterocycles. The van der Waals surface area contributed by atoms with Crippen molar-refractivity contribution in [1.29, 1.82) is 0 Å². The Morgan fingerprint density at radius 2 is 1.90 bits per heavy atom. The number of rotatable bonds is 5. The normalized spacial score (nSPS) is 18.7. The number of benzene rings is 1. The molecule has 31 heavy (non-hydrogen) atoms. The average Bonchev–Trinajstić information content (AvgIpc) is 3.19. The highest BCUT2D eigenvalue weighted by Crippen LogP contribution is 2.22. The van der Waals surface area contributed by atoms with E-state index in [1.807, 2.05) is 39.2 Å². The largest absolute Gasteiger partial charge is 0.391 e. The van der Waals surface area contributed by atoms with E-state index in [1.54, 1.807) is 4.68 Å². The van der Waals surface area contributed by atoms with Gasteiger partial charge in [0.1, 0.15) is 5.69 Å². The Morgan fingerprint density at radius 1 is 1.16 bits per heavy atom. The molecular weight excluding hydrogens is 388 g/mol. The van der Waals surface area contributed by atoms with Crippen molar-refractivity contribution >= 4 is 5.91 Å². The van der Waals surface area contributed by atoms with Gasteiger partial charge in [0.2, 0.25) is 0 Å². The summed E-state index contributed by atoms with van der Waals surface area (Å²) in [4.78, 5) is 17.4. The molecule has 0 aliphatic heterocycles. The van der Waals surface area contributed by atoms with E-state index in [2.05, 4.69) is 39.7 Å². The molecule has 0 spiro atoms. The van der Waals surface area contributed by atoms with Gasteiger partial charge in [-0.2, -0.15) is 5.10 Å². The highest BCUT2D eigenvalue weighted by atomic mass is 16.3. The number of carbonyl (C=O) groups is 1. The lowest BCUT2D eigenvalue weighted by Gasteiger charge is -2.28. The number of aromatic nitrogens is 3. The number of hydrogen-bond donors (Lipinski definition) is 2. The van der Waals surface area contributed by atoms with Gasteiger partial charge in [0.25, 0.3) is 5.91 Å². The SMILES string of the molecule is Cc1nc(C(=O)NC2CCCC[C@@H]2O)cc(Cc2ccc(-c3ccn(C)n3)cc2)c1C. The molecule has 3 aromatic rings. The molecule has 4 rings (SSSR count). The van der Waals surface area contributed by atoms with Crippen LogP contribution in [0.4, 0.5) is 0 Å². The molecule has 1 amide bonds. The second-order valence-corrected chi connectivity index (χ2v) is 8.56. The molecule has 2 atom stereocenters. The third kappa shape index (κ3) is 4.85. The zero-order chi connectivity index (χ0) is 22.0. The molecule has 1 unspecified atom stereocenters. The monoisotopic (exact) mass is 418 g/mol. The maximum Gasteiger partial charge on any atom is 0.270 e. The topological polar surface area (TPSA) is 80.0 Å². The molecule has 1 aromatic carbocycles. The summed E-state index contributed by atoms with van der Waals surface area (Å²) in [5, 5.41) is 17.6. The second-order valence-electron chi connectivity index (χ2n) is 8.56. The summed E-state index contributed by atoms with van der Waals surface area (Å²) in [7, 11) is 1.91. The number of aliphatic hydroxyl groups excluding tert-OH is 1. The smallest absolute Gasteiger partial charge is 0.270 e. The number of aliphatic hydroxyl groups is 1. The Hall–Kier alpha value is -2.99. The zero-order valence-corrected chi connectivity index (χ0v) is 18.4. The third-order valence-corrected chi connectivity index (χ3v) is 6.26. The van der Waals surface area contributed by atoms with E-state index in [1.165, 1.54) is 5.56 Å². The van der Waals surface area contributed by atoms with Gasteiger partial charge in [0.15, 0.2) is 0 Å². The van der Waals surface area contributed by atoms with Gasteiger partial charge in [-0.05, 0) is 61.9 Å². The van der Waals surface area contributed by atoms with Crippen molar-refractivity contribution in [3.05, 3.63) is 70.7 Å². The van der Waals surface area contributed by atoms with Gasteiger partial charge in [0, 0.05) is 24.5 Å². The number of amides is 1. The Balaban J connectivity index is 1.51. The molecule has 0 saturated heterocycles. The first-order valence-corrected chi connectivity index (χ1v) is 11.0. The van der Waals surface area contributed by atoms with Gasteiger partial charge in [-0.25, -0.2) is 4.98 Å². The van der Waals surface area contributed by atoms with Crippen molar-refractivity contribution in [1.82, 2.24) is 20.1 Å². The first-order chi connectivity index (χ1) is 14.9. The molecule has 2 aromatic heterocycles. The minimum atomic E-state index is -0.471. The lowest BCUT2D eigenvalue weighted by atomic mass is 9.92. The molecule has 6 nitrogen and oxygen atoms in total. The minimum Gasteiger partial charge on any atom is -0.391 e. The second kappa shape index (κ2) is 9.02. The first kappa shape index (κ1) is 21.2. The van der Waals surface area contributed by atoms with Crippen LogP contribution in [0.25, 0.3) is 11.3 Å². The van der Waals surface area contributed by atoms with Crippen LogP contribution in [0.3, 0.4) is 0 Å². The number of nitrogens with zero attached hydrogens (tertiary/aromatic N) is 3. The fourth-order valence-corrected chi connectivity index (χ4v) is 4.21. The summed E-state index contributed by atoms with van der Waals surface area (Å²) in [6, 6.07) is 12.1. The number of carbonyl (C=O) groups excluding carboxylic acids is 1. The molecule has 1 aliphatic rings. The highest BCUT2D eigenvalue weighted by molar-refractivity contribution is 5.92. The fourth-order valence-electron chi connectivity index (χ4n) is 4.21. The Kier molecular flexibility index (Phi) is 6.18.